The van der Waals surface area contributed by atoms with Crippen molar-refractivity contribution in [2.45, 2.75) is 68.9 Å². The molecule has 1 N–H and O–H groups in total. The number of aliphatic hydroxyl groups is 1. The number of likely N-dealkylation sites (N-methyl/N-ethyl adjacent to an activating group) is 1. The van der Waals surface area contributed by atoms with Gasteiger partial charge in [-0.1, -0.05) is 41.4 Å². The lowest BCUT2D eigenvalue weighted by Gasteiger charge is -2.59. The first-order chi connectivity index (χ1) is 18.1. The van der Waals surface area contributed by atoms with Crippen LogP contribution in [-0.2, 0) is 21.4 Å². The second-order valence-electron chi connectivity index (χ2n) is 11.5. The van der Waals surface area contributed by atoms with Crippen molar-refractivity contribution in [1.29, 1.82) is 0 Å². The Kier molecular flexibility index (Phi) is 7.80. The van der Waals surface area contributed by atoms with Crippen LogP contribution < -0.4 is 4.74 Å². The largest absolute Gasteiger partial charge is 0.427 e. The molecule has 6 nitrogen and oxygen atoms in total. The van der Waals surface area contributed by atoms with E-state index >= 15 is 0 Å². The topological polar surface area (TPSA) is 70.1 Å². The first kappa shape index (κ1) is 27.4. The van der Waals surface area contributed by atoms with Crippen molar-refractivity contribution in [3.8, 4) is 5.75 Å². The number of esters is 1. The number of likely N-dealkylation sites (tertiary alicyclic amines) is 1. The van der Waals surface area contributed by atoms with Crippen LogP contribution in [0.2, 0.25) is 10.0 Å². The molecule has 5 rings (SSSR count). The van der Waals surface area contributed by atoms with Crippen LogP contribution >= 0.6 is 23.2 Å². The SMILES string of the molecule is CC(=O)Oc1cccc([C@@]23CCN(CC4CC4)C[C@@]2(O)CC[C@@H](N(C)C(=O)Cc2ccc(Cl)c(Cl)c2)C3)c1. The van der Waals surface area contributed by atoms with Gasteiger partial charge < -0.3 is 19.6 Å². The fourth-order valence-electron chi connectivity index (χ4n) is 6.56. The number of benzene rings is 2. The van der Waals surface area contributed by atoms with Crippen LogP contribution in [0.4, 0.5) is 0 Å². The van der Waals surface area contributed by atoms with Gasteiger partial charge in [-0.3, -0.25) is 9.59 Å². The number of rotatable bonds is 7. The van der Waals surface area contributed by atoms with Gasteiger partial charge in [0, 0.05) is 38.5 Å². The molecule has 38 heavy (non-hydrogen) atoms. The number of β-amino-alcohol motifs (C(OH)–C–C–N with tert-alkyl or cyclic N) is 1. The summed E-state index contributed by atoms with van der Waals surface area (Å²) in [5.41, 5.74) is 0.309. The van der Waals surface area contributed by atoms with E-state index in [2.05, 4.69) is 4.90 Å². The van der Waals surface area contributed by atoms with Crippen LogP contribution in [0.5, 0.6) is 5.75 Å². The lowest BCUT2D eigenvalue weighted by atomic mass is 9.55. The average molecular weight is 560 g/mol. The molecule has 3 atom stereocenters. The van der Waals surface area contributed by atoms with E-state index in [1.54, 1.807) is 18.2 Å². The molecular formula is C30H36Cl2N2O4. The molecule has 3 aliphatic rings. The summed E-state index contributed by atoms with van der Waals surface area (Å²) >= 11 is 12.2. The van der Waals surface area contributed by atoms with E-state index in [9.17, 15) is 14.7 Å². The molecule has 2 aromatic rings. The molecule has 204 valence electrons. The standard InChI is InChI=1S/C30H36Cl2N2O4/c1-20(35)38-25-5-3-4-23(16-25)29-12-13-34(18-21-6-7-21)19-30(29,37)11-10-24(17-29)33(2)28(36)15-22-8-9-26(31)27(32)14-22/h3-5,8-9,14,16,21,24,37H,6-7,10-13,15,17-19H2,1-2H3/t24-,29+,30+/m1/s1. The summed E-state index contributed by atoms with van der Waals surface area (Å²) < 4.78 is 5.42. The molecule has 0 aromatic heterocycles. The van der Waals surface area contributed by atoms with Crippen molar-refractivity contribution >= 4 is 35.1 Å². The summed E-state index contributed by atoms with van der Waals surface area (Å²) in [7, 11) is 1.86. The molecule has 2 aliphatic carbocycles. The van der Waals surface area contributed by atoms with Gasteiger partial charge in [-0.05, 0) is 86.4 Å². The van der Waals surface area contributed by atoms with Crippen LogP contribution in [0, 0.1) is 5.92 Å². The van der Waals surface area contributed by atoms with Crippen molar-refractivity contribution in [3.05, 3.63) is 63.6 Å². The van der Waals surface area contributed by atoms with Crippen molar-refractivity contribution in [2.75, 3.05) is 26.7 Å². The Balaban J connectivity index is 1.41. The predicted molar refractivity (Wildman–Crippen MR) is 149 cm³/mol. The van der Waals surface area contributed by atoms with Crippen LogP contribution in [0.15, 0.2) is 42.5 Å². The van der Waals surface area contributed by atoms with Gasteiger partial charge in [0.2, 0.25) is 5.91 Å². The third-order valence-corrected chi connectivity index (χ3v) is 9.59. The van der Waals surface area contributed by atoms with Crippen LogP contribution in [0.1, 0.15) is 56.6 Å². The zero-order valence-corrected chi connectivity index (χ0v) is 23.6. The summed E-state index contributed by atoms with van der Waals surface area (Å²) in [5, 5.41) is 13.2. The van der Waals surface area contributed by atoms with Crippen molar-refractivity contribution < 1.29 is 19.4 Å². The summed E-state index contributed by atoms with van der Waals surface area (Å²) in [4.78, 5) is 29.3. The number of carbonyl (C=O) groups is 2. The number of hydrogen-bond donors (Lipinski definition) is 1. The quantitative estimate of drug-likeness (QED) is 0.371. The Labute approximate surface area is 234 Å². The molecule has 0 spiro atoms. The van der Waals surface area contributed by atoms with E-state index < -0.39 is 11.0 Å². The lowest BCUT2D eigenvalue weighted by molar-refractivity contribution is -0.147. The highest BCUT2D eigenvalue weighted by Crippen LogP contribution is 2.53. The smallest absolute Gasteiger partial charge is 0.308 e. The van der Waals surface area contributed by atoms with E-state index in [1.165, 1.54) is 19.8 Å². The Bertz CT molecular complexity index is 1220. The zero-order valence-electron chi connectivity index (χ0n) is 22.1. The van der Waals surface area contributed by atoms with E-state index in [1.807, 2.05) is 36.2 Å². The fourth-order valence-corrected chi connectivity index (χ4v) is 6.88. The third kappa shape index (κ3) is 5.60. The van der Waals surface area contributed by atoms with Gasteiger partial charge in [0.1, 0.15) is 5.75 Å². The number of halogens is 2. The van der Waals surface area contributed by atoms with Crippen molar-refractivity contribution in [2.24, 2.45) is 5.92 Å². The van der Waals surface area contributed by atoms with Gasteiger partial charge in [0.15, 0.2) is 0 Å². The highest BCUT2D eigenvalue weighted by molar-refractivity contribution is 6.42. The van der Waals surface area contributed by atoms with Crippen LogP contribution in [-0.4, -0.2) is 65.1 Å². The van der Waals surface area contributed by atoms with Gasteiger partial charge >= 0.3 is 5.97 Å². The molecule has 0 unspecified atom stereocenters. The molecular weight excluding hydrogens is 523 g/mol. The number of fused-ring (bicyclic) bond motifs is 1. The van der Waals surface area contributed by atoms with Crippen LogP contribution in [0.3, 0.4) is 0 Å². The third-order valence-electron chi connectivity index (χ3n) is 8.85. The van der Waals surface area contributed by atoms with E-state index in [0.29, 0.717) is 35.2 Å². The minimum Gasteiger partial charge on any atom is -0.427 e. The van der Waals surface area contributed by atoms with Gasteiger partial charge in [-0.15, -0.1) is 0 Å². The minimum atomic E-state index is -0.931. The Morgan fingerprint density at radius 3 is 2.61 bits per heavy atom. The van der Waals surface area contributed by atoms with Gasteiger partial charge in [0.25, 0.3) is 0 Å². The summed E-state index contributed by atoms with van der Waals surface area (Å²) in [6.07, 6.45) is 5.54. The molecule has 1 amide bonds. The van der Waals surface area contributed by atoms with E-state index in [-0.39, 0.29) is 24.3 Å². The van der Waals surface area contributed by atoms with Gasteiger partial charge in [-0.2, -0.15) is 0 Å². The second kappa shape index (κ2) is 10.8. The monoisotopic (exact) mass is 558 g/mol. The Morgan fingerprint density at radius 1 is 1.11 bits per heavy atom. The van der Waals surface area contributed by atoms with Gasteiger partial charge in [-0.25, -0.2) is 0 Å². The normalized spacial score (nSPS) is 27.4. The first-order valence-electron chi connectivity index (χ1n) is 13.5. The minimum absolute atomic E-state index is 0.00816. The average Bonchev–Trinajstić information content (AvgIpc) is 3.69. The first-order valence-corrected chi connectivity index (χ1v) is 14.3. The molecule has 1 saturated heterocycles. The molecule has 2 saturated carbocycles. The molecule has 1 aliphatic heterocycles. The van der Waals surface area contributed by atoms with Crippen molar-refractivity contribution in [3.63, 3.8) is 0 Å². The maximum Gasteiger partial charge on any atom is 0.308 e. The molecule has 1 heterocycles. The van der Waals surface area contributed by atoms with Crippen LogP contribution in [0.25, 0.3) is 0 Å². The van der Waals surface area contributed by atoms with Crippen molar-refractivity contribution in [1.82, 2.24) is 9.80 Å². The maximum atomic E-state index is 13.4. The summed E-state index contributed by atoms with van der Waals surface area (Å²) in [6, 6.07) is 12.9. The number of nitrogens with zero attached hydrogens (tertiary/aromatic N) is 2. The number of hydrogen-bond acceptors (Lipinski definition) is 5. The number of carbonyl (C=O) groups excluding carboxylic acids is 2. The number of amides is 1. The number of piperidine rings is 1. The van der Waals surface area contributed by atoms with E-state index in [4.69, 9.17) is 27.9 Å². The number of ether oxygens (including phenoxy) is 1. The second-order valence-corrected chi connectivity index (χ2v) is 12.3. The lowest BCUT2D eigenvalue weighted by Crippen LogP contribution is -2.67. The van der Waals surface area contributed by atoms with Gasteiger partial charge in [0.05, 0.1) is 22.1 Å². The molecule has 2 aromatic carbocycles. The summed E-state index contributed by atoms with van der Waals surface area (Å²) in [5.74, 6) is 0.871. The Hall–Kier alpha value is -2.12. The highest BCUT2D eigenvalue weighted by Gasteiger charge is 2.58. The summed E-state index contributed by atoms with van der Waals surface area (Å²) in [6.45, 7) is 3.94. The fraction of sp³-hybridized carbons (Fsp3) is 0.533. The zero-order chi connectivity index (χ0) is 27.1. The highest BCUT2D eigenvalue weighted by atomic mass is 35.5. The maximum absolute atomic E-state index is 13.4. The molecule has 0 radical (unpaired) electrons. The molecule has 3 fully saturated rings. The molecule has 8 heteroatoms. The van der Waals surface area contributed by atoms with E-state index in [0.717, 1.165) is 43.0 Å². The molecule has 0 bridgehead atoms. The Morgan fingerprint density at radius 2 is 1.89 bits per heavy atom. The predicted octanol–water partition coefficient (Wildman–Crippen LogP) is 5.26.